The van der Waals surface area contributed by atoms with Crippen molar-refractivity contribution >= 4 is 29.3 Å². The molecule has 2 N–H and O–H groups in total. The number of nitrogens with one attached hydrogen (secondary N) is 1. The van der Waals surface area contributed by atoms with Crippen LogP contribution in [0.3, 0.4) is 0 Å². The van der Waals surface area contributed by atoms with Crippen LogP contribution in [-0.2, 0) is 4.79 Å². The van der Waals surface area contributed by atoms with Crippen LogP contribution in [0.4, 0.5) is 18.9 Å². The fourth-order valence-electron chi connectivity index (χ4n) is 1.65. The number of hydrogen-bond donors (Lipinski definition) is 2. The van der Waals surface area contributed by atoms with Crippen LogP contribution >= 0.6 is 11.8 Å². The maximum atomic E-state index is 12.3. The Labute approximate surface area is 132 Å². The third-order valence-corrected chi connectivity index (χ3v) is 3.46. The normalized spacial score (nSPS) is 12.5. The minimum Gasteiger partial charge on any atom is -0.480 e. The number of amides is 1. The van der Waals surface area contributed by atoms with Gasteiger partial charge in [0.2, 0.25) is 0 Å². The van der Waals surface area contributed by atoms with Gasteiger partial charge in [0.1, 0.15) is 6.04 Å². The van der Waals surface area contributed by atoms with Gasteiger partial charge >= 0.3 is 12.1 Å². The Bertz CT molecular complexity index is 636. The van der Waals surface area contributed by atoms with E-state index >= 15 is 0 Å². The van der Waals surface area contributed by atoms with Gasteiger partial charge in [0.15, 0.2) is 0 Å². The summed E-state index contributed by atoms with van der Waals surface area (Å²) in [6, 6.07) is 1.13. The quantitative estimate of drug-likeness (QED) is 0.462. The van der Waals surface area contributed by atoms with E-state index in [1.807, 2.05) is 0 Å². The Hall–Kier alpha value is -2.30. The van der Waals surface area contributed by atoms with E-state index in [-0.39, 0.29) is 10.5 Å². The van der Waals surface area contributed by atoms with Gasteiger partial charge in [0, 0.05) is 11.6 Å². The highest BCUT2D eigenvalue weighted by molar-refractivity contribution is 7.98. The molecule has 0 fully saturated rings. The predicted molar refractivity (Wildman–Crippen MR) is 74.4 cm³/mol. The lowest BCUT2D eigenvalue weighted by Gasteiger charge is -2.16. The maximum Gasteiger partial charge on any atom is 0.391 e. The first kappa shape index (κ1) is 18.7. The van der Waals surface area contributed by atoms with Gasteiger partial charge in [-0.25, -0.2) is 4.79 Å². The molecule has 1 amide bonds. The Balaban J connectivity index is 3.02. The lowest BCUT2D eigenvalue weighted by Crippen LogP contribution is -2.43. The van der Waals surface area contributed by atoms with Crippen molar-refractivity contribution in [3.8, 4) is 0 Å². The molecule has 1 unspecified atom stereocenters. The number of carboxylic acids is 1. The van der Waals surface area contributed by atoms with Crippen molar-refractivity contribution in [3.05, 3.63) is 33.9 Å². The largest absolute Gasteiger partial charge is 0.480 e. The standard InChI is InChI=1S/C12H11F3N2O5S/c1-23-9-3-2-6(4-8(9)17(21)22)10(18)16-7(11(19)20)5-12(13,14)15/h2-4,7H,5H2,1H3,(H,16,18)(H,19,20). The molecule has 1 aromatic rings. The minimum absolute atomic E-state index is 0.261. The van der Waals surface area contributed by atoms with Crippen LogP contribution in [-0.4, -0.2) is 40.4 Å². The molecular weight excluding hydrogens is 341 g/mol. The van der Waals surface area contributed by atoms with E-state index in [0.717, 1.165) is 17.8 Å². The van der Waals surface area contributed by atoms with Crippen LogP contribution in [0.25, 0.3) is 0 Å². The van der Waals surface area contributed by atoms with Gasteiger partial charge in [-0.2, -0.15) is 13.2 Å². The molecule has 1 aromatic carbocycles. The van der Waals surface area contributed by atoms with Gasteiger partial charge < -0.3 is 10.4 Å². The fraction of sp³-hybridized carbons (Fsp3) is 0.333. The Morgan fingerprint density at radius 3 is 2.48 bits per heavy atom. The summed E-state index contributed by atoms with van der Waals surface area (Å²) in [4.78, 5) is 33.1. The molecule has 7 nitrogen and oxygen atoms in total. The first-order chi connectivity index (χ1) is 10.5. The number of nitro groups is 1. The third kappa shape index (κ3) is 5.43. The van der Waals surface area contributed by atoms with Crippen molar-refractivity contribution in [1.29, 1.82) is 0 Å². The summed E-state index contributed by atoms with van der Waals surface area (Å²) in [5, 5.41) is 21.3. The number of halogens is 3. The van der Waals surface area contributed by atoms with E-state index in [0.29, 0.717) is 0 Å². The highest BCUT2D eigenvalue weighted by atomic mass is 32.2. The van der Waals surface area contributed by atoms with Gasteiger partial charge in [-0.15, -0.1) is 11.8 Å². The fourth-order valence-corrected chi connectivity index (χ4v) is 2.19. The Kier molecular flexibility index (Phi) is 5.96. The number of benzene rings is 1. The van der Waals surface area contributed by atoms with Crippen LogP contribution in [0, 0.1) is 10.1 Å². The number of nitro benzene ring substituents is 1. The van der Waals surface area contributed by atoms with E-state index < -0.39 is 41.1 Å². The van der Waals surface area contributed by atoms with Gasteiger partial charge in [-0.1, -0.05) is 0 Å². The second-order valence-corrected chi connectivity index (χ2v) is 5.18. The monoisotopic (exact) mass is 352 g/mol. The van der Waals surface area contributed by atoms with Gasteiger partial charge in [-0.05, 0) is 18.4 Å². The number of thioether (sulfide) groups is 1. The van der Waals surface area contributed by atoms with E-state index in [2.05, 4.69) is 0 Å². The summed E-state index contributed by atoms with van der Waals surface area (Å²) in [6.07, 6.45) is -4.96. The molecule has 0 bridgehead atoms. The topological polar surface area (TPSA) is 110 Å². The van der Waals surface area contributed by atoms with Crippen molar-refractivity contribution in [2.24, 2.45) is 0 Å². The average molecular weight is 352 g/mol. The number of hydrogen-bond acceptors (Lipinski definition) is 5. The van der Waals surface area contributed by atoms with Crippen LogP contribution in [0.1, 0.15) is 16.8 Å². The number of alkyl halides is 3. The van der Waals surface area contributed by atoms with Crippen LogP contribution in [0.5, 0.6) is 0 Å². The highest BCUT2D eigenvalue weighted by Gasteiger charge is 2.36. The summed E-state index contributed by atoms with van der Waals surface area (Å²) in [5.41, 5.74) is -0.698. The Morgan fingerprint density at radius 2 is 2.04 bits per heavy atom. The highest BCUT2D eigenvalue weighted by Crippen LogP contribution is 2.28. The van der Waals surface area contributed by atoms with Crippen molar-refractivity contribution in [3.63, 3.8) is 0 Å². The lowest BCUT2D eigenvalue weighted by atomic mass is 10.1. The Morgan fingerprint density at radius 1 is 1.43 bits per heavy atom. The number of rotatable bonds is 6. The molecule has 0 aliphatic rings. The molecule has 0 aliphatic heterocycles. The average Bonchev–Trinajstić information content (AvgIpc) is 2.44. The number of nitrogens with zero attached hydrogens (tertiary/aromatic N) is 1. The molecule has 1 atom stereocenters. The number of carbonyl (C=O) groups excluding carboxylic acids is 1. The zero-order valence-electron chi connectivity index (χ0n) is 11.6. The lowest BCUT2D eigenvalue weighted by molar-refractivity contribution is -0.387. The first-order valence-corrected chi connectivity index (χ1v) is 7.20. The van der Waals surface area contributed by atoms with Gasteiger partial charge in [0.05, 0.1) is 16.2 Å². The third-order valence-electron chi connectivity index (χ3n) is 2.68. The van der Waals surface area contributed by atoms with E-state index in [1.165, 1.54) is 12.1 Å². The SMILES string of the molecule is CSc1ccc(C(=O)NC(CC(F)(F)F)C(=O)O)cc1[N+](=O)[O-]. The van der Waals surface area contributed by atoms with E-state index in [1.54, 1.807) is 11.6 Å². The van der Waals surface area contributed by atoms with Crippen LogP contribution in [0.2, 0.25) is 0 Å². The molecule has 0 aliphatic carbocycles. The maximum absolute atomic E-state index is 12.3. The molecule has 0 radical (unpaired) electrons. The predicted octanol–water partition coefficient (Wildman–Crippen LogP) is 2.45. The summed E-state index contributed by atoms with van der Waals surface area (Å²) in [5.74, 6) is -3.00. The molecule has 0 aromatic heterocycles. The number of carboxylic acid groups (broad SMARTS) is 1. The minimum atomic E-state index is -4.79. The van der Waals surface area contributed by atoms with Crippen molar-refractivity contribution in [1.82, 2.24) is 5.32 Å². The van der Waals surface area contributed by atoms with Crippen LogP contribution in [0.15, 0.2) is 23.1 Å². The smallest absolute Gasteiger partial charge is 0.391 e. The first-order valence-electron chi connectivity index (χ1n) is 5.98. The second kappa shape index (κ2) is 7.31. The molecule has 11 heteroatoms. The van der Waals surface area contributed by atoms with Gasteiger partial charge in [0.25, 0.3) is 11.6 Å². The molecule has 0 spiro atoms. The molecule has 0 heterocycles. The van der Waals surface area contributed by atoms with E-state index in [4.69, 9.17) is 5.11 Å². The summed E-state index contributed by atoms with van der Waals surface area (Å²) >= 11 is 1.05. The van der Waals surface area contributed by atoms with Crippen LogP contribution < -0.4 is 5.32 Å². The second-order valence-electron chi connectivity index (χ2n) is 4.33. The van der Waals surface area contributed by atoms with Crippen molar-refractivity contribution in [2.45, 2.75) is 23.5 Å². The molecule has 0 saturated heterocycles. The van der Waals surface area contributed by atoms with Gasteiger partial charge in [-0.3, -0.25) is 14.9 Å². The molecule has 126 valence electrons. The van der Waals surface area contributed by atoms with E-state index in [9.17, 15) is 32.9 Å². The summed E-state index contributed by atoms with van der Waals surface area (Å²) in [7, 11) is 0. The zero-order valence-corrected chi connectivity index (χ0v) is 12.4. The molecule has 23 heavy (non-hydrogen) atoms. The molecular formula is C12H11F3N2O5S. The van der Waals surface area contributed by atoms with Crippen molar-refractivity contribution < 1.29 is 32.8 Å². The summed E-state index contributed by atoms with van der Waals surface area (Å²) in [6.45, 7) is 0. The summed E-state index contributed by atoms with van der Waals surface area (Å²) < 4.78 is 36.8. The number of aliphatic carboxylic acids is 1. The van der Waals surface area contributed by atoms with Crippen molar-refractivity contribution in [2.75, 3.05) is 6.26 Å². The molecule has 1 rings (SSSR count). The molecule has 0 saturated carbocycles. The zero-order chi connectivity index (χ0) is 17.8. The number of carbonyl (C=O) groups is 2.